The molecule has 0 radical (unpaired) electrons. The minimum atomic E-state index is -4.52. The van der Waals surface area contributed by atoms with E-state index in [2.05, 4.69) is 4.98 Å². The van der Waals surface area contributed by atoms with Gasteiger partial charge in [-0.3, -0.25) is 23.7 Å². The zero-order valence-electron chi connectivity index (χ0n) is 22.5. The van der Waals surface area contributed by atoms with Gasteiger partial charge in [0.1, 0.15) is 24.2 Å². The van der Waals surface area contributed by atoms with E-state index in [0.717, 1.165) is 0 Å². The van der Waals surface area contributed by atoms with Crippen LogP contribution < -0.4 is 15.8 Å². The van der Waals surface area contributed by atoms with Gasteiger partial charge in [0.15, 0.2) is 0 Å². The number of para-hydroxylation sites is 1. The van der Waals surface area contributed by atoms with E-state index in [0.29, 0.717) is 0 Å². The summed E-state index contributed by atoms with van der Waals surface area (Å²) in [6.07, 6.45) is -1.64. The van der Waals surface area contributed by atoms with E-state index < -0.39 is 55.4 Å². The van der Waals surface area contributed by atoms with E-state index in [1.165, 1.54) is 42.0 Å². The van der Waals surface area contributed by atoms with Gasteiger partial charge in [-0.1, -0.05) is 66.7 Å². The lowest BCUT2D eigenvalue weighted by molar-refractivity contribution is -0.0485. The van der Waals surface area contributed by atoms with Crippen molar-refractivity contribution in [2.75, 3.05) is 6.61 Å². The fourth-order valence-electron chi connectivity index (χ4n) is 4.38. The molecule has 42 heavy (non-hydrogen) atoms. The SMILES string of the molecule is Cc1cn([C@H]2C[C@H](OC(=O)c3ccccc3)[C@@H](COP(=O)(Oc3ccccc3)C(=O)c3ccccc3)O2)c(=O)[nH]c1=O. The second kappa shape index (κ2) is 12.5. The van der Waals surface area contributed by atoms with Crippen molar-refractivity contribution in [3.8, 4) is 5.75 Å². The Bertz CT molecular complexity index is 1720. The molecular formula is C30H27N2O9P. The van der Waals surface area contributed by atoms with Crippen LogP contribution in [0.4, 0.5) is 0 Å². The third kappa shape index (κ3) is 6.49. The number of ether oxygens (including phenoxy) is 2. The first-order chi connectivity index (χ1) is 20.2. The molecule has 0 saturated carbocycles. The Hall–Kier alpha value is -4.57. The van der Waals surface area contributed by atoms with E-state index in [9.17, 15) is 23.7 Å². The molecule has 12 heteroatoms. The summed E-state index contributed by atoms with van der Waals surface area (Å²) in [6, 6.07) is 24.3. The third-order valence-electron chi connectivity index (χ3n) is 6.55. The first-order valence-electron chi connectivity index (χ1n) is 13.1. The van der Waals surface area contributed by atoms with Crippen LogP contribution in [0.3, 0.4) is 0 Å². The summed E-state index contributed by atoms with van der Waals surface area (Å²) in [5.41, 5.74) is -1.46. The maximum Gasteiger partial charge on any atom is 0.451 e. The first kappa shape index (κ1) is 28.9. The monoisotopic (exact) mass is 590 g/mol. The molecule has 2 heterocycles. The topological polar surface area (TPSA) is 143 Å². The molecule has 11 nitrogen and oxygen atoms in total. The highest BCUT2D eigenvalue weighted by atomic mass is 31.2. The van der Waals surface area contributed by atoms with Crippen LogP contribution in [-0.2, 0) is 18.6 Å². The van der Waals surface area contributed by atoms with Gasteiger partial charge in [0.2, 0.25) is 0 Å². The summed E-state index contributed by atoms with van der Waals surface area (Å²) < 4.78 is 38.4. The number of rotatable bonds is 10. The first-order valence-corrected chi connectivity index (χ1v) is 14.6. The van der Waals surface area contributed by atoms with Gasteiger partial charge in [0.25, 0.3) is 11.1 Å². The maximum absolute atomic E-state index is 14.0. The number of H-pyrrole nitrogens is 1. The van der Waals surface area contributed by atoms with Crippen LogP contribution in [0.15, 0.2) is 107 Å². The number of nitrogens with one attached hydrogen (secondary N) is 1. The normalized spacial score (nSPS) is 19.5. The minimum absolute atomic E-state index is 0.00840. The zero-order chi connectivity index (χ0) is 29.7. The highest BCUT2D eigenvalue weighted by molar-refractivity contribution is 7.73. The van der Waals surface area contributed by atoms with Crippen molar-refractivity contribution in [2.24, 2.45) is 0 Å². The molecule has 1 unspecified atom stereocenters. The van der Waals surface area contributed by atoms with Gasteiger partial charge in [-0.15, -0.1) is 0 Å². The van der Waals surface area contributed by atoms with Gasteiger partial charge in [-0.05, 0) is 31.2 Å². The molecule has 3 aromatic carbocycles. The highest BCUT2D eigenvalue weighted by Crippen LogP contribution is 2.52. The lowest BCUT2D eigenvalue weighted by atomic mass is 10.1. The lowest BCUT2D eigenvalue weighted by Gasteiger charge is -2.23. The summed E-state index contributed by atoms with van der Waals surface area (Å²) in [6.45, 7) is 1.05. The van der Waals surface area contributed by atoms with Crippen LogP contribution in [0.25, 0.3) is 0 Å². The fourth-order valence-corrected chi connectivity index (χ4v) is 5.84. The largest absolute Gasteiger partial charge is 0.456 e. The molecular weight excluding hydrogens is 563 g/mol. The minimum Gasteiger partial charge on any atom is -0.456 e. The van der Waals surface area contributed by atoms with Crippen molar-refractivity contribution in [1.29, 1.82) is 0 Å². The number of esters is 1. The number of hydrogen-bond donors (Lipinski definition) is 1. The van der Waals surface area contributed by atoms with Crippen LogP contribution in [0.5, 0.6) is 5.75 Å². The van der Waals surface area contributed by atoms with Crippen LogP contribution in [0.1, 0.15) is 38.9 Å². The average Bonchev–Trinajstić information content (AvgIpc) is 3.41. The predicted molar refractivity (Wildman–Crippen MR) is 152 cm³/mol. The van der Waals surface area contributed by atoms with Gasteiger partial charge in [-0.25, -0.2) is 14.2 Å². The van der Waals surface area contributed by atoms with E-state index in [1.54, 1.807) is 66.7 Å². The molecule has 216 valence electrons. The number of aryl methyl sites for hydroxylation is 1. The second-order valence-electron chi connectivity index (χ2n) is 9.52. The Morgan fingerprint density at radius 2 is 1.52 bits per heavy atom. The molecule has 0 aliphatic carbocycles. The molecule has 0 spiro atoms. The molecule has 5 rings (SSSR count). The molecule has 4 aromatic rings. The molecule has 0 amide bonds. The molecule has 1 aliphatic rings. The summed E-state index contributed by atoms with van der Waals surface area (Å²) >= 11 is 0. The predicted octanol–water partition coefficient (Wildman–Crippen LogP) is 4.49. The smallest absolute Gasteiger partial charge is 0.451 e. The quantitative estimate of drug-likeness (QED) is 0.209. The van der Waals surface area contributed by atoms with Crippen LogP contribution in [0.2, 0.25) is 0 Å². The van der Waals surface area contributed by atoms with E-state index in [1.807, 2.05) is 0 Å². The van der Waals surface area contributed by atoms with Crippen molar-refractivity contribution in [1.82, 2.24) is 9.55 Å². The molecule has 1 aliphatic heterocycles. The average molecular weight is 591 g/mol. The molecule has 1 fully saturated rings. The summed E-state index contributed by atoms with van der Waals surface area (Å²) in [5.74, 6) is -0.499. The maximum atomic E-state index is 14.0. The number of nitrogens with zero attached hydrogens (tertiary/aromatic N) is 1. The number of hydrogen-bond acceptors (Lipinski definition) is 9. The lowest BCUT2D eigenvalue weighted by Crippen LogP contribution is -2.33. The Balaban J connectivity index is 1.43. The van der Waals surface area contributed by atoms with Gasteiger partial charge < -0.3 is 14.0 Å². The van der Waals surface area contributed by atoms with Crippen molar-refractivity contribution in [3.05, 3.63) is 135 Å². The number of carbonyl (C=O) groups is 2. The Kier molecular flexibility index (Phi) is 8.63. The second-order valence-corrected chi connectivity index (χ2v) is 11.4. The van der Waals surface area contributed by atoms with E-state index >= 15 is 0 Å². The number of carbonyl (C=O) groups excluding carboxylic acids is 2. The highest BCUT2D eigenvalue weighted by Gasteiger charge is 2.44. The Labute approximate surface area is 240 Å². The third-order valence-corrected chi connectivity index (χ3v) is 8.25. The van der Waals surface area contributed by atoms with Crippen LogP contribution >= 0.6 is 7.60 Å². The van der Waals surface area contributed by atoms with Gasteiger partial charge >= 0.3 is 19.3 Å². The van der Waals surface area contributed by atoms with Crippen molar-refractivity contribution >= 4 is 19.1 Å². The number of aromatic amines is 1. The molecule has 1 aromatic heterocycles. The van der Waals surface area contributed by atoms with Gasteiger partial charge in [-0.2, -0.15) is 0 Å². The summed E-state index contributed by atoms with van der Waals surface area (Å²) in [7, 11) is -4.52. The van der Waals surface area contributed by atoms with Crippen molar-refractivity contribution < 1.29 is 32.7 Å². The van der Waals surface area contributed by atoms with Gasteiger partial charge in [0, 0.05) is 23.7 Å². The van der Waals surface area contributed by atoms with Crippen LogP contribution in [0, 0.1) is 6.92 Å². The molecule has 1 saturated heterocycles. The summed E-state index contributed by atoms with van der Waals surface area (Å²) in [4.78, 5) is 53.0. The van der Waals surface area contributed by atoms with Crippen molar-refractivity contribution in [3.63, 3.8) is 0 Å². The number of aromatic nitrogens is 2. The number of benzene rings is 3. The molecule has 0 bridgehead atoms. The van der Waals surface area contributed by atoms with E-state index in [-0.39, 0.29) is 28.9 Å². The van der Waals surface area contributed by atoms with Crippen LogP contribution in [-0.4, -0.2) is 39.9 Å². The molecule has 4 atom stereocenters. The fraction of sp³-hybridized carbons (Fsp3) is 0.200. The molecule has 1 N–H and O–H groups in total. The Morgan fingerprint density at radius 3 is 2.17 bits per heavy atom. The zero-order valence-corrected chi connectivity index (χ0v) is 23.3. The summed E-state index contributed by atoms with van der Waals surface area (Å²) in [5, 5.41) is 0. The van der Waals surface area contributed by atoms with E-state index in [4.69, 9.17) is 18.5 Å². The Morgan fingerprint density at radius 1 is 0.929 bits per heavy atom. The standard InChI is InChI=1S/C30H27N2O9P/c1-20-18-32(30(36)31-27(20)33)26-17-24(40-28(34)21-11-5-2-6-12-21)25(39-26)19-38-42(37,41-23-15-9-4-10-16-23)29(35)22-13-7-3-8-14-22/h2-16,18,24-26H,17,19H2,1H3,(H,31,33,36)/t24-,25+,26+,42?/m0/s1. The van der Waals surface area contributed by atoms with Crippen molar-refractivity contribution in [2.45, 2.75) is 31.8 Å². The van der Waals surface area contributed by atoms with Gasteiger partial charge in [0.05, 0.1) is 12.2 Å².